The first-order chi connectivity index (χ1) is 11.5. The van der Waals surface area contributed by atoms with E-state index in [1.165, 1.54) is 28.8 Å². The fourth-order valence-corrected chi connectivity index (χ4v) is 2.37. The van der Waals surface area contributed by atoms with Gasteiger partial charge in [-0.25, -0.2) is 14.0 Å². The van der Waals surface area contributed by atoms with Gasteiger partial charge in [0.25, 0.3) is 0 Å². The largest absolute Gasteiger partial charge is 0.420 e. The highest BCUT2D eigenvalue weighted by molar-refractivity contribution is 5.89. The molecule has 2 amide bonds. The molecule has 0 aliphatic rings. The summed E-state index contributed by atoms with van der Waals surface area (Å²) in [4.78, 5) is 23.7. The number of nitrogens with one attached hydrogen (secondary N) is 2. The lowest BCUT2D eigenvalue weighted by Crippen LogP contribution is -2.32. The summed E-state index contributed by atoms with van der Waals surface area (Å²) in [5, 5.41) is 5.23. The van der Waals surface area contributed by atoms with Gasteiger partial charge in [-0.2, -0.15) is 0 Å². The third-order valence-corrected chi connectivity index (χ3v) is 3.55. The molecule has 0 spiro atoms. The Kier molecular flexibility index (Phi) is 4.33. The van der Waals surface area contributed by atoms with Crippen molar-refractivity contribution in [2.24, 2.45) is 0 Å². The van der Waals surface area contributed by atoms with Crippen LogP contribution in [0.15, 0.2) is 51.7 Å². The molecule has 0 fully saturated rings. The number of hydrogen-bond acceptors (Lipinski definition) is 3. The summed E-state index contributed by atoms with van der Waals surface area (Å²) in [6.07, 6.45) is 0. The number of anilines is 1. The number of rotatable bonds is 4. The van der Waals surface area contributed by atoms with Gasteiger partial charge in [-0.1, -0.05) is 6.07 Å². The third-order valence-electron chi connectivity index (χ3n) is 3.55. The molecule has 3 aromatic rings. The van der Waals surface area contributed by atoms with Crippen molar-refractivity contribution in [2.75, 3.05) is 11.9 Å². The summed E-state index contributed by atoms with van der Waals surface area (Å²) >= 11 is 0. The molecule has 0 atom stereocenters. The van der Waals surface area contributed by atoms with Gasteiger partial charge in [0.15, 0.2) is 5.58 Å². The molecule has 0 aliphatic carbocycles. The molecule has 1 aromatic heterocycles. The molecule has 0 bridgehead atoms. The van der Waals surface area contributed by atoms with E-state index in [0.717, 1.165) is 5.56 Å². The lowest BCUT2D eigenvalue weighted by atomic mass is 10.2. The molecule has 0 saturated carbocycles. The highest BCUT2D eigenvalue weighted by Crippen LogP contribution is 2.14. The van der Waals surface area contributed by atoms with Crippen LogP contribution in [-0.4, -0.2) is 17.1 Å². The summed E-state index contributed by atoms with van der Waals surface area (Å²) in [6, 6.07) is 10.5. The summed E-state index contributed by atoms with van der Waals surface area (Å²) in [5.41, 5.74) is 2.71. The van der Waals surface area contributed by atoms with Crippen LogP contribution in [0.2, 0.25) is 0 Å². The van der Waals surface area contributed by atoms with E-state index in [9.17, 15) is 14.0 Å². The molecule has 0 aliphatic heterocycles. The lowest BCUT2D eigenvalue weighted by Gasteiger charge is -2.08. The molecule has 2 aromatic carbocycles. The van der Waals surface area contributed by atoms with Gasteiger partial charge in [0, 0.05) is 18.8 Å². The Balaban J connectivity index is 1.61. The quantitative estimate of drug-likeness (QED) is 0.773. The molecule has 0 saturated heterocycles. The fourth-order valence-electron chi connectivity index (χ4n) is 2.37. The average molecular weight is 329 g/mol. The molecular formula is C17H16FN3O3. The second-order valence-electron chi connectivity index (χ2n) is 5.38. The number of halogens is 1. The van der Waals surface area contributed by atoms with E-state index in [2.05, 4.69) is 10.6 Å². The van der Waals surface area contributed by atoms with E-state index >= 15 is 0 Å². The molecule has 24 heavy (non-hydrogen) atoms. The van der Waals surface area contributed by atoms with Crippen LogP contribution < -0.4 is 16.4 Å². The van der Waals surface area contributed by atoms with Crippen molar-refractivity contribution in [2.45, 2.75) is 13.5 Å². The Bertz CT molecular complexity index is 928. The van der Waals surface area contributed by atoms with Gasteiger partial charge < -0.3 is 15.1 Å². The van der Waals surface area contributed by atoms with E-state index in [1.807, 2.05) is 19.1 Å². The van der Waals surface area contributed by atoms with E-state index in [4.69, 9.17) is 4.42 Å². The molecule has 7 heteroatoms. The van der Waals surface area contributed by atoms with Crippen LogP contribution in [0.3, 0.4) is 0 Å². The minimum atomic E-state index is -0.462. The Hall–Kier alpha value is -3.09. The summed E-state index contributed by atoms with van der Waals surface area (Å²) in [5.74, 6) is -0.834. The minimum absolute atomic E-state index is 0.246. The van der Waals surface area contributed by atoms with Crippen LogP contribution >= 0.6 is 0 Å². The molecule has 0 unspecified atom stereocenters. The number of aromatic nitrogens is 1. The first-order valence-electron chi connectivity index (χ1n) is 7.43. The van der Waals surface area contributed by atoms with E-state index in [1.54, 1.807) is 6.07 Å². The SMILES string of the molecule is Cc1ccc2oc(=O)n(CCNC(=O)Nc3ccc(F)cc3)c2c1. The standard InChI is InChI=1S/C17H16FN3O3/c1-11-2-7-15-14(10-11)21(17(23)24-15)9-8-19-16(22)20-13-5-3-12(18)4-6-13/h2-7,10H,8-9H2,1H3,(H2,19,20,22). The molecule has 6 nitrogen and oxygen atoms in total. The lowest BCUT2D eigenvalue weighted by molar-refractivity contribution is 0.251. The number of oxazole rings is 1. The Morgan fingerprint density at radius 2 is 1.96 bits per heavy atom. The maximum absolute atomic E-state index is 12.8. The predicted octanol–water partition coefficient (Wildman–Crippen LogP) is 2.86. The topological polar surface area (TPSA) is 76.3 Å². The van der Waals surface area contributed by atoms with Gasteiger partial charge >= 0.3 is 11.8 Å². The second kappa shape index (κ2) is 6.57. The normalized spacial score (nSPS) is 10.8. The monoisotopic (exact) mass is 329 g/mol. The average Bonchev–Trinajstić information content (AvgIpc) is 2.85. The van der Waals surface area contributed by atoms with Crippen LogP contribution in [0.25, 0.3) is 11.1 Å². The molecule has 1 heterocycles. The Morgan fingerprint density at radius 1 is 1.21 bits per heavy atom. The smallest absolute Gasteiger partial charge is 0.408 e. The van der Waals surface area contributed by atoms with E-state index in [0.29, 0.717) is 16.8 Å². The van der Waals surface area contributed by atoms with Crippen molar-refractivity contribution in [3.05, 3.63) is 64.4 Å². The number of fused-ring (bicyclic) bond motifs is 1. The zero-order chi connectivity index (χ0) is 17.1. The van der Waals surface area contributed by atoms with Crippen molar-refractivity contribution in [1.29, 1.82) is 0 Å². The number of benzene rings is 2. The maximum atomic E-state index is 12.8. The summed E-state index contributed by atoms with van der Waals surface area (Å²) in [6.45, 7) is 2.46. The zero-order valence-electron chi connectivity index (χ0n) is 13.0. The molecule has 2 N–H and O–H groups in total. The zero-order valence-corrected chi connectivity index (χ0v) is 13.0. The van der Waals surface area contributed by atoms with E-state index in [-0.39, 0.29) is 18.9 Å². The first-order valence-corrected chi connectivity index (χ1v) is 7.43. The number of hydrogen-bond donors (Lipinski definition) is 2. The van der Waals surface area contributed by atoms with Gasteiger partial charge in [0.05, 0.1) is 5.52 Å². The number of nitrogens with zero attached hydrogens (tertiary/aromatic N) is 1. The molecule has 3 rings (SSSR count). The van der Waals surface area contributed by atoms with Gasteiger partial charge in [-0.15, -0.1) is 0 Å². The van der Waals surface area contributed by atoms with Crippen LogP contribution in [0.5, 0.6) is 0 Å². The van der Waals surface area contributed by atoms with Gasteiger partial charge in [-0.3, -0.25) is 4.57 Å². The second-order valence-corrected chi connectivity index (χ2v) is 5.38. The first kappa shape index (κ1) is 15.8. The van der Waals surface area contributed by atoms with Crippen molar-refractivity contribution in [3.63, 3.8) is 0 Å². The Morgan fingerprint density at radius 3 is 2.71 bits per heavy atom. The fraction of sp³-hybridized carbons (Fsp3) is 0.176. The number of urea groups is 1. The van der Waals surface area contributed by atoms with Crippen molar-refractivity contribution in [3.8, 4) is 0 Å². The third kappa shape index (κ3) is 3.45. The number of aryl methyl sites for hydroxylation is 1. The molecular weight excluding hydrogens is 313 g/mol. The Labute approximate surface area is 136 Å². The van der Waals surface area contributed by atoms with E-state index < -0.39 is 11.8 Å². The van der Waals surface area contributed by atoms with Gasteiger partial charge in [0.2, 0.25) is 0 Å². The maximum Gasteiger partial charge on any atom is 0.420 e. The van der Waals surface area contributed by atoms with Crippen LogP contribution in [0, 0.1) is 12.7 Å². The highest BCUT2D eigenvalue weighted by Gasteiger charge is 2.09. The highest BCUT2D eigenvalue weighted by atomic mass is 19.1. The summed E-state index contributed by atoms with van der Waals surface area (Å²) < 4.78 is 19.4. The van der Waals surface area contributed by atoms with Crippen LogP contribution in [-0.2, 0) is 6.54 Å². The minimum Gasteiger partial charge on any atom is -0.408 e. The van der Waals surface area contributed by atoms with Crippen molar-refractivity contribution >= 4 is 22.8 Å². The number of carbonyl (C=O) groups excluding carboxylic acids is 1. The van der Waals surface area contributed by atoms with Gasteiger partial charge in [-0.05, 0) is 48.9 Å². The number of carbonyl (C=O) groups is 1. The predicted molar refractivity (Wildman–Crippen MR) is 88.6 cm³/mol. The van der Waals surface area contributed by atoms with Gasteiger partial charge in [0.1, 0.15) is 5.82 Å². The van der Waals surface area contributed by atoms with Crippen molar-refractivity contribution < 1.29 is 13.6 Å². The molecule has 0 radical (unpaired) electrons. The van der Waals surface area contributed by atoms with Crippen LogP contribution in [0.1, 0.15) is 5.56 Å². The van der Waals surface area contributed by atoms with Crippen LogP contribution in [0.4, 0.5) is 14.9 Å². The van der Waals surface area contributed by atoms with Crippen molar-refractivity contribution in [1.82, 2.24) is 9.88 Å². The summed E-state index contributed by atoms with van der Waals surface area (Å²) in [7, 11) is 0. The number of amides is 2. The molecule has 124 valence electrons.